The van der Waals surface area contributed by atoms with Crippen molar-refractivity contribution in [1.82, 2.24) is 10.2 Å². The zero-order valence-corrected chi connectivity index (χ0v) is 12.5. The lowest BCUT2D eigenvalue weighted by Gasteiger charge is -2.13. The van der Waals surface area contributed by atoms with Gasteiger partial charge in [-0.25, -0.2) is 0 Å². The summed E-state index contributed by atoms with van der Waals surface area (Å²) in [5.74, 6) is -1.34. The Morgan fingerprint density at radius 3 is 2.68 bits per heavy atom. The van der Waals surface area contributed by atoms with E-state index in [1.54, 1.807) is 6.07 Å². The molecule has 116 valence electrons. The van der Waals surface area contributed by atoms with Crippen molar-refractivity contribution in [2.75, 3.05) is 25.5 Å². The van der Waals surface area contributed by atoms with E-state index < -0.39 is 11.8 Å². The first kappa shape index (κ1) is 16.0. The Hall–Kier alpha value is -2.38. The number of amides is 3. The van der Waals surface area contributed by atoms with Gasteiger partial charge in [0.05, 0.1) is 23.7 Å². The fourth-order valence-electron chi connectivity index (χ4n) is 1.98. The van der Waals surface area contributed by atoms with E-state index in [1.807, 2.05) is 0 Å². The van der Waals surface area contributed by atoms with Gasteiger partial charge in [-0.05, 0) is 18.2 Å². The number of nitrogens with zero attached hydrogens (tertiary/aromatic N) is 1. The van der Waals surface area contributed by atoms with Gasteiger partial charge in [0.25, 0.3) is 17.7 Å². The van der Waals surface area contributed by atoms with Gasteiger partial charge in [-0.15, -0.1) is 0 Å². The van der Waals surface area contributed by atoms with Crippen LogP contribution in [0.5, 0.6) is 0 Å². The van der Waals surface area contributed by atoms with Crippen LogP contribution in [-0.4, -0.2) is 47.9 Å². The maximum absolute atomic E-state index is 12.0. The minimum atomic E-state index is -0.523. The van der Waals surface area contributed by atoms with Crippen molar-refractivity contribution < 1.29 is 19.5 Å². The molecule has 0 aromatic heterocycles. The highest BCUT2D eigenvalue weighted by molar-refractivity contribution is 6.34. The number of rotatable bonds is 5. The molecule has 1 aromatic rings. The quantitative estimate of drug-likeness (QED) is 0.679. The molecule has 8 heteroatoms. The number of carbonyl (C=O) groups is 3. The predicted octanol–water partition coefficient (Wildman–Crippen LogP) is 0.357. The Balaban J connectivity index is 2.17. The van der Waals surface area contributed by atoms with E-state index in [0.29, 0.717) is 11.3 Å². The normalized spacial score (nSPS) is 14.1. The van der Waals surface area contributed by atoms with Crippen LogP contribution in [0.2, 0.25) is 5.02 Å². The van der Waals surface area contributed by atoms with Gasteiger partial charge in [0.2, 0.25) is 0 Å². The summed E-state index contributed by atoms with van der Waals surface area (Å²) in [5.41, 5.74) is 0.859. The molecule has 0 aliphatic carbocycles. The largest absolute Gasteiger partial charge is 0.395 e. The highest BCUT2D eigenvalue weighted by atomic mass is 35.5. The second kappa shape index (κ2) is 6.59. The molecule has 2 rings (SSSR count). The zero-order valence-electron chi connectivity index (χ0n) is 11.7. The van der Waals surface area contributed by atoms with Crippen LogP contribution < -0.4 is 10.6 Å². The van der Waals surface area contributed by atoms with Gasteiger partial charge >= 0.3 is 0 Å². The Bertz CT molecular complexity index is 672. The fraction of sp³-hybridized carbons (Fsp3) is 0.214. The summed E-state index contributed by atoms with van der Waals surface area (Å²) in [5, 5.41) is 14.3. The van der Waals surface area contributed by atoms with Crippen molar-refractivity contribution in [2.45, 2.75) is 0 Å². The van der Waals surface area contributed by atoms with E-state index in [4.69, 9.17) is 16.7 Å². The maximum atomic E-state index is 12.0. The van der Waals surface area contributed by atoms with Crippen LogP contribution in [0.4, 0.5) is 5.69 Å². The monoisotopic (exact) mass is 323 g/mol. The van der Waals surface area contributed by atoms with E-state index in [1.165, 1.54) is 19.2 Å². The lowest BCUT2D eigenvalue weighted by molar-refractivity contribution is -0.137. The van der Waals surface area contributed by atoms with Crippen molar-refractivity contribution >= 4 is 35.0 Å². The molecule has 1 heterocycles. The summed E-state index contributed by atoms with van der Waals surface area (Å²) in [4.78, 5) is 36.1. The number of benzene rings is 1. The minimum absolute atomic E-state index is 0.0598. The number of hydrogen-bond donors (Lipinski definition) is 3. The first-order chi connectivity index (χ1) is 10.5. The predicted molar refractivity (Wildman–Crippen MR) is 80.4 cm³/mol. The highest BCUT2D eigenvalue weighted by Crippen LogP contribution is 2.23. The zero-order chi connectivity index (χ0) is 16.3. The molecule has 0 radical (unpaired) electrons. The molecule has 0 spiro atoms. The summed E-state index contributed by atoms with van der Waals surface area (Å²) in [7, 11) is 1.49. The molecular weight excluding hydrogens is 310 g/mol. The number of anilines is 1. The third kappa shape index (κ3) is 3.10. The van der Waals surface area contributed by atoms with Crippen LogP contribution >= 0.6 is 11.6 Å². The second-order valence-electron chi connectivity index (χ2n) is 4.48. The number of β-amino-alcohol motifs (C(OH)–C–C–N with tert-alkyl or cyclic N) is 1. The minimum Gasteiger partial charge on any atom is -0.395 e. The molecule has 0 bridgehead atoms. The molecule has 1 aliphatic heterocycles. The Labute approximate surface area is 131 Å². The van der Waals surface area contributed by atoms with E-state index in [2.05, 4.69) is 10.6 Å². The van der Waals surface area contributed by atoms with Crippen LogP contribution in [0.15, 0.2) is 30.0 Å². The summed E-state index contributed by atoms with van der Waals surface area (Å²) >= 11 is 6.02. The first-order valence-electron chi connectivity index (χ1n) is 6.45. The topological polar surface area (TPSA) is 98.7 Å². The highest BCUT2D eigenvalue weighted by Gasteiger charge is 2.30. The smallest absolute Gasteiger partial charge is 0.277 e. The van der Waals surface area contributed by atoms with Crippen LogP contribution in [0, 0.1) is 0 Å². The average molecular weight is 324 g/mol. The van der Waals surface area contributed by atoms with Crippen molar-refractivity contribution in [3.8, 4) is 0 Å². The van der Waals surface area contributed by atoms with Crippen molar-refractivity contribution in [2.24, 2.45) is 0 Å². The molecule has 0 atom stereocenters. The Morgan fingerprint density at radius 1 is 1.36 bits per heavy atom. The van der Waals surface area contributed by atoms with Gasteiger partial charge in [-0.1, -0.05) is 11.6 Å². The van der Waals surface area contributed by atoms with Crippen molar-refractivity contribution in [3.63, 3.8) is 0 Å². The van der Waals surface area contributed by atoms with E-state index >= 15 is 0 Å². The molecule has 22 heavy (non-hydrogen) atoms. The maximum Gasteiger partial charge on any atom is 0.277 e. The average Bonchev–Trinajstić information content (AvgIpc) is 2.75. The number of aliphatic hydroxyl groups excluding tert-OH is 1. The van der Waals surface area contributed by atoms with Crippen molar-refractivity contribution in [3.05, 3.63) is 40.6 Å². The SMILES string of the molecule is CNC(=O)c1ccc(NC2=CC(=O)N(CCO)C2=O)cc1Cl. The van der Waals surface area contributed by atoms with Gasteiger partial charge in [0.15, 0.2) is 0 Å². The van der Waals surface area contributed by atoms with Gasteiger partial charge in [0.1, 0.15) is 5.70 Å². The lowest BCUT2D eigenvalue weighted by Crippen LogP contribution is -2.34. The number of hydrogen-bond acceptors (Lipinski definition) is 5. The molecule has 3 amide bonds. The molecule has 7 nitrogen and oxygen atoms in total. The van der Waals surface area contributed by atoms with E-state index in [-0.39, 0.29) is 29.8 Å². The molecule has 1 aliphatic rings. The van der Waals surface area contributed by atoms with E-state index in [0.717, 1.165) is 11.0 Å². The molecular formula is C14H14ClN3O4. The molecule has 0 saturated heterocycles. The third-order valence-electron chi connectivity index (χ3n) is 3.05. The van der Waals surface area contributed by atoms with Crippen LogP contribution in [0.1, 0.15) is 10.4 Å². The van der Waals surface area contributed by atoms with Gasteiger partial charge in [-0.3, -0.25) is 19.3 Å². The molecule has 0 unspecified atom stereocenters. The van der Waals surface area contributed by atoms with Crippen LogP contribution in [0.25, 0.3) is 0 Å². The summed E-state index contributed by atoms with van der Waals surface area (Å²) < 4.78 is 0. The molecule has 0 saturated carbocycles. The summed E-state index contributed by atoms with van der Waals surface area (Å²) in [6.07, 6.45) is 1.15. The van der Waals surface area contributed by atoms with Gasteiger partial charge in [0, 0.05) is 18.8 Å². The second-order valence-corrected chi connectivity index (χ2v) is 4.88. The van der Waals surface area contributed by atoms with Gasteiger partial charge < -0.3 is 15.7 Å². The lowest BCUT2D eigenvalue weighted by atomic mass is 10.2. The first-order valence-corrected chi connectivity index (χ1v) is 6.82. The molecule has 3 N–H and O–H groups in total. The number of imide groups is 1. The number of halogens is 1. The molecule has 0 fully saturated rings. The van der Waals surface area contributed by atoms with Gasteiger partial charge in [-0.2, -0.15) is 0 Å². The molecule has 1 aromatic carbocycles. The van der Waals surface area contributed by atoms with Crippen molar-refractivity contribution in [1.29, 1.82) is 0 Å². The van der Waals surface area contributed by atoms with Crippen LogP contribution in [0.3, 0.4) is 0 Å². The number of aliphatic hydroxyl groups is 1. The number of nitrogens with one attached hydrogen (secondary N) is 2. The summed E-state index contributed by atoms with van der Waals surface area (Å²) in [6.45, 7) is -0.360. The van der Waals surface area contributed by atoms with E-state index in [9.17, 15) is 14.4 Å². The Kier molecular flexibility index (Phi) is 4.79. The number of carbonyl (C=O) groups excluding carboxylic acids is 3. The summed E-state index contributed by atoms with van der Waals surface area (Å²) in [6, 6.07) is 4.57. The fourth-order valence-corrected chi connectivity index (χ4v) is 2.24. The Morgan fingerprint density at radius 2 is 2.09 bits per heavy atom. The standard InChI is InChI=1S/C14H14ClN3O4/c1-16-13(21)9-3-2-8(6-10(9)15)17-11-7-12(20)18(4-5-19)14(11)22/h2-3,6-7,17,19H,4-5H2,1H3,(H,16,21). The third-order valence-corrected chi connectivity index (χ3v) is 3.37. The van der Waals surface area contributed by atoms with Crippen LogP contribution in [-0.2, 0) is 9.59 Å².